The van der Waals surface area contributed by atoms with Gasteiger partial charge in [0, 0.05) is 0 Å². The maximum absolute atomic E-state index is 11.9. The summed E-state index contributed by atoms with van der Waals surface area (Å²) in [5.74, 6) is 1.18. The molecule has 3 nitrogen and oxygen atoms in total. The predicted octanol–water partition coefficient (Wildman–Crippen LogP) is 3.95. The van der Waals surface area contributed by atoms with Gasteiger partial charge in [-0.3, -0.25) is 0 Å². The molecule has 0 saturated carbocycles. The van der Waals surface area contributed by atoms with Gasteiger partial charge in [-0.1, -0.05) is 45.9 Å². The van der Waals surface area contributed by atoms with Crippen LogP contribution in [0.4, 0.5) is 0 Å². The third-order valence-electron chi connectivity index (χ3n) is 3.22. The molecular weight excluding hydrogens is 260 g/mol. The van der Waals surface area contributed by atoms with Gasteiger partial charge < -0.3 is 4.18 Å². The molecule has 0 radical (unpaired) electrons. The zero-order valence-corrected chi connectivity index (χ0v) is 13.0. The number of hydrogen-bond acceptors (Lipinski definition) is 3. The fourth-order valence-corrected chi connectivity index (χ4v) is 3.01. The first-order valence-electron chi connectivity index (χ1n) is 6.86. The van der Waals surface area contributed by atoms with Crippen molar-refractivity contribution >= 4 is 10.1 Å². The third-order valence-corrected chi connectivity index (χ3v) is 4.39. The Balaban J connectivity index is 2.87. The summed E-state index contributed by atoms with van der Waals surface area (Å²) in [7, 11) is -3.49. The van der Waals surface area contributed by atoms with Crippen LogP contribution in [0.15, 0.2) is 24.3 Å². The van der Waals surface area contributed by atoms with Crippen molar-refractivity contribution in [1.29, 1.82) is 0 Å². The van der Waals surface area contributed by atoms with Crippen LogP contribution in [0, 0.1) is 5.92 Å². The van der Waals surface area contributed by atoms with Crippen LogP contribution in [0.5, 0.6) is 5.75 Å². The smallest absolute Gasteiger partial charge is 0.309 e. The van der Waals surface area contributed by atoms with E-state index in [0.717, 1.165) is 12.0 Å². The van der Waals surface area contributed by atoms with Crippen LogP contribution in [-0.2, 0) is 10.1 Å². The monoisotopic (exact) mass is 284 g/mol. The Hall–Kier alpha value is -1.03. The standard InChI is InChI=1S/C15H24O3S/c1-5-13(4)14-8-6-7-9-15(14)18-19(16,17)11-10-12(2)3/h6-9,12-13H,5,10-11H2,1-4H3. The lowest BCUT2D eigenvalue weighted by molar-refractivity contribution is 0.471. The predicted molar refractivity (Wildman–Crippen MR) is 79.0 cm³/mol. The summed E-state index contributed by atoms with van der Waals surface area (Å²) in [6, 6.07) is 7.38. The Morgan fingerprint density at radius 3 is 2.37 bits per heavy atom. The van der Waals surface area contributed by atoms with E-state index in [1.165, 1.54) is 0 Å². The molecule has 0 saturated heterocycles. The largest absolute Gasteiger partial charge is 0.382 e. The summed E-state index contributed by atoms with van der Waals surface area (Å²) in [5, 5.41) is 0. The van der Waals surface area contributed by atoms with E-state index in [1.807, 2.05) is 26.0 Å². The topological polar surface area (TPSA) is 43.4 Å². The van der Waals surface area contributed by atoms with E-state index in [2.05, 4.69) is 13.8 Å². The average Bonchev–Trinajstić information content (AvgIpc) is 2.36. The van der Waals surface area contributed by atoms with Gasteiger partial charge >= 0.3 is 10.1 Å². The van der Waals surface area contributed by atoms with Gasteiger partial charge in [0.25, 0.3) is 0 Å². The third kappa shape index (κ3) is 5.23. The lowest BCUT2D eigenvalue weighted by Gasteiger charge is -2.15. The number of hydrogen-bond donors (Lipinski definition) is 0. The minimum Gasteiger partial charge on any atom is -0.382 e. The Labute approximate surface area is 117 Å². The second-order valence-corrected chi connectivity index (χ2v) is 7.07. The lowest BCUT2D eigenvalue weighted by atomic mass is 9.98. The van der Waals surface area contributed by atoms with Crippen molar-refractivity contribution in [2.75, 3.05) is 5.75 Å². The summed E-state index contributed by atoms with van der Waals surface area (Å²) >= 11 is 0. The average molecular weight is 284 g/mol. The van der Waals surface area contributed by atoms with Crippen LogP contribution < -0.4 is 4.18 Å². The van der Waals surface area contributed by atoms with Crippen LogP contribution >= 0.6 is 0 Å². The molecule has 4 heteroatoms. The van der Waals surface area contributed by atoms with Crippen molar-refractivity contribution in [2.24, 2.45) is 5.92 Å². The molecule has 1 unspecified atom stereocenters. The highest BCUT2D eigenvalue weighted by Gasteiger charge is 2.17. The molecule has 19 heavy (non-hydrogen) atoms. The first-order valence-corrected chi connectivity index (χ1v) is 8.44. The number of rotatable bonds is 7. The fraction of sp³-hybridized carbons (Fsp3) is 0.600. The molecule has 1 aromatic rings. The Morgan fingerprint density at radius 2 is 1.79 bits per heavy atom. The van der Waals surface area contributed by atoms with E-state index in [-0.39, 0.29) is 11.7 Å². The molecule has 0 aromatic heterocycles. The summed E-state index contributed by atoms with van der Waals surface area (Å²) in [5.41, 5.74) is 0.957. The van der Waals surface area contributed by atoms with Crippen molar-refractivity contribution in [3.05, 3.63) is 29.8 Å². The van der Waals surface area contributed by atoms with Crippen molar-refractivity contribution in [3.63, 3.8) is 0 Å². The van der Waals surface area contributed by atoms with Crippen LogP contribution in [0.3, 0.4) is 0 Å². The van der Waals surface area contributed by atoms with Crippen molar-refractivity contribution in [3.8, 4) is 5.75 Å². The van der Waals surface area contributed by atoms with E-state index in [4.69, 9.17) is 4.18 Å². The maximum Gasteiger partial charge on any atom is 0.309 e. The second-order valence-electron chi connectivity index (χ2n) is 5.37. The highest BCUT2D eigenvalue weighted by molar-refractivity contribution is 7.87. The van der Waals surface area contributed by atoms with Crippen LogP contribution in [0.2, 0.25) is 0 Å². The van der Waals surface area contributed by atoms with E-state index >= 15 is 0 Å². The fourth-order valence-electron chi connectivity index (χ4n) is 1.74. The van der Waals surface area contributed by atoms with Gasteiger partial charge in [-0.15, -0.1) is 0 Å². The molecule has 1 aromatic carbocycles. The Kier molecular flexibility index (Phi) is 5.85. The molecule has 0 aliphatic carbocycles. The molecule has 0 spiro atoms. The molecule has 0 amide bonds. The van der Waals surface area contributed by atoms with Crippen molar-refractivity contribution in [2.45, 2.75) is 46.5 Å². The zero-order valence-electron chi connectivity index (χ0n) is 12.2. The molecule has 1 atom stereocenters. The van der Waals surface area contributed by atoms with E-state index in [1.54, 1.807) is 12.1 Å². The van der Waals surface area contributed by atoms with Crippen molar-refractivity contribution in [1.82, 2.24) is 0 Å². The molecule has 0 aliphatic heterocycles. The van der Waals surface area contributed by atoms with E-state index in [9.17, 15) is 8.42 Å². The Bertz CT molecular complexity index is 492. The first kappa shape index (κ1) is 16.0. The van der Waals surface area contributed by atoms with Gasteiger partial charge in [-0.05, 0) is 36.3 Å². The van der Waals surface area contributed by atoms with Gasteiger partial charge in [-0.2, -0.15) is 8.42 Å². The van der Waals surface area contributed by atoms with Crippen LogP contribution in [0.25, 0.3) is 0 Å². The molecule has 0 bridgehead atoms. The maximum atomic E-state index is 11.9. The minimum atomic E-state index is -3.49. The van der Waals surface area contributed by atoms with Gasteiger partial charge in [-0.25, -0.2) is 0 Å². The highest BCUT2D eigenvalue weighted by Crippen LogP contribution is 2.29. The van der Waals surface area contributed by atoms with Gasteiger partial charge in [0.2, 0.25) is 0 Å². The second kappa shape index (κ2) is 6.94. The van der Waals surface area contributed by atoms with Crippen molar-refractivity contribution < 1.29 is 12.6 Å². The molecule has 0 N–H and O–H groups in total. The molecule has 108 valence electrons. The Morgan fingerprint density at radius 1 is 1.16 bits per heavy atom. The SMILES string of the molecule is CCC(C)c1ccccc1OS(=O)(=O)CCC(C)C. The van der Waals surface area contributed by atoms with Crippen LogP contribution in [-0.4, -0.2) is 14.2 Å². The quantitative estimate of drug-likeness (QED) is 0.712. The highest BCUT2D eigenvalue weighted by atomic mass is 32.2. The zero-order chi connectivity index (χ0) is 14.5. The van der Waals surface area contributed by atoms with E-state index in [0.29, 0.717) is 18.1 Å². The molecule has 0 fully saturated rings. The first-order chi connectivity index (χ1) is 8.85. The number of benzene rings is 1. The van der Waals surface area contributed by atoms with E-state index < -0.39 is 10.1 Å². The van der Waals surface area contributed by atoms with Gasteiger partial charge in [0.1, 0.15) is 5.75 Å². The summed E-state index contributed by atoms with van der Waals surface area (Å²) in [6.45, 7) is 8.16. The molecule has 1 rings (SSSR count). The van der Waals surface area contributed by atoms with Gasteiger partial charge in [0.05, 0.1) is 5.75 Å². The molecule has 0 heterocycles. The summed E-state index contributed by atoms with van der Waals surface area (Å²) in [4.78, 5) is 0. The normalized spacial score (nSPS) is 13.5. The van der Waals surface area contributed by atoms with Gasteiger partial charge in [0.15, 0.2) is 0 Å². The summed E-state index contributed by atoms with van der Waals surface area (Å²) < 4.78 is 29.2. The lowest BCUT2D eigenvalue weighted by Crippen LogP contribution is -2.16. The molecular formula is C15H24O3S. The number of para-hydroxylation sites is 1. The van der Waals surface area contributed by atoms with Crippen LogP contribution in [0.1, 0.15) is 52.0 Å². The molecule has 0 aliphatic rings. The summed E-state index contributed by atoms with van der Waals surface area (Å²) in [6.07, 6.45) is 1.57. The minimum absolute atomic E-state index is 0.0690.